The molecule has 1 fully saturated rings. The van der Waals surface area contributed by atoms with Gasteiger partial charge in [0.1, 0.15) is 0 Å². The van der Waals surface area contributed by atoms with E-state index in [4.69, 9.17) is 0 Å². The molecule has 0 aromatic heterocycles. The molecule has 0 spiro atoms. The van der Waals surface area contributed by atoms with Gasteiger partial charge in [0.15, 0.2) is 0 Å². The Bertz CT molecular complexity index is 130. The van der Waals surface area contributed by atoms with Crippen LogP contribution >= 0.6 is 0 Å². The predicted molar refractivity (Wildman–Crippen MR) is 29.4 cm³/mol. The monoisotopic (exact) mass is 172 g/mol. The molecule has 5 heteroatoms. The molecular weight excluding hydrogens is 164 g/mol. The number of hydrogen-bond donors (Lipinski definition) is 0. The first-order valence-electron chi connectivity index (χ1n) is 3.37. The highest BCUT2D eigenvalue weighted by molar-refractivity contribution is 4.65. The van der Waals surface area contributed by atoms with Crippen LogP contribution in [0.3, 0.4) is 0 Å². The second-order valence-corrected chi connectivity index (χ2v) is 2.58. The predicted octanol–water partition coefficient (Wildman–Crippen LogP) is 2.76. The minimum absolute atomic E-state index is 0.0859. The maximum Gasteiger partial charge on any atom is 0.360 e. The van der Waals surface area contributed by atoms with Crippen LogP contribution in [0.15, 0.2) is 0 Å². The first-order valence-corrected chi connectivity index (χ1v) is 3.37. The van der Waals surface area contributed by atoms with Gasteiger partial charge in [-0.15, -0.1) is 0 Å². The van der Waals surface area contributed by atoms with Gasteiger partial charge in [-0.25, -0.2) is 0 Å². The van der Waals surface area contributed by atoms with E-state index < -0.39 is 25.1 Å². The van der Waals surface area contributed by atoms with Gasteiger partial charge in [0.25, 0.3) is 0 Å². The van der Waals surface area contributed by atoms with E-state index in [1.165, 1.54) is 0 Å². The van der Waals surface area contributed by atoms with Crippen LogP contribution < -0.4 is 0 Å². The highest BCUT2D eigenvalue weighted by atomic mass is 19.3. The van der Waals surface area contributed by atoms with Gasteiger partial charge in [-0.3, -0.25) is 4.74 Å². The highest BCUT2D eigenvalue weighted by Crippen LogP contribution is 2.37. The number of hydrogen-bond acceptors (Lipinski definition) is 1. The van der Waals surface area contributed by atoms with Crippen molar-refractivity contribution in [2.75, 3.05) is 0 Å². The molecular formula is C6H8F4O. The minimum atomic E-state index is -3.65. The van der Waals surface area contributed by atoms with Crippen molar-refractivity contribution in [1.29, 1.82) is 0 Å². The van der Waals surface area contributed by atoms with Crippen LogP contribution in [0.2, 0.25) is 0 Å². The molecule has 0 amide bonds. The van der Waals surface area contributed by atoms with Crippen LogP contribution in [0.25, 0.3) is 0 Å². The summed E-state index contributed by atoms with van der Waals surface area (Å²) >= 11 is 0. The van der Waals surface area contributed by atoms with Crippen molar-refractivity contribution in [2.24, 2.45) is 0 Å². The van der Waals surface area contributed by atoms with E-state index in [0.29, 0.717) is 0 Å². The van der Waals surface area contributed by atoms with E-state index in [0.717, 1.165) is 0 Å². The fourth-order valence-corrected chi connectivity index (χ4v) is 0.982. The fraction of sp³-hybridized carbons (Fsp3) is 1.00. The average molecular weight is 172 g/mol. The van der Waals surface area contributed by atoms with Crippen LogP contribution in [-0.2, 0) is 4.74 Å². The standard InChI is InChI=1S/C6H8F4O/c7-5(8)3-1-2-4-6(9,10)11-5/h1-4H2. The third kappa shape index (κ3) is 2.65. The zero-order valence-electron chi connectivity index (χ0n) is 5.75. The van der Waals surface area contributed by atoms with Gasteiger partial charge in [-0.2, -0.15) is 17.6 Å². The Morgan fingerprint density at radius 3 is 1.55 bits per heavy atom. The van der Waals surface area contributed by atoms with E-state index in [1.54, 1.807) is 0 Å². The molecule has 0 N–H and O–H groups in total. The zero-order chi connectivity index (χ0) is 8.54. The van der Waals surface area contributed by atoms with Crippen LogP contribution in [0.1, 0.15) is 25.7 Å². The van der Waals surface area contributed by atoms with Gasteiger partial charge in [0.05, 0.1) is 0 Å². The van der Waals surface area contributed by atoms with E-state index >= 15 is 0 Å². The quantitative estimate of drug-likeness (QED) is 0.510. The molecule has 0 unspecified atom stereocenters. The Kier molecular flexibility index (Phi) is 2.09. The Hall–Kier alpha value is -0.320. The Balaban J connectivity index is 2.62. The molecule has 1 heterocycles. The smallest absolute Gasteiger partial charge is 0.255 e. The van der Waals surface area contributed by atoms with E-state index in [1.807, 2.05) is 0 Å². The fourth-order valence-electron chi connectivity index (χ4n) is 0.982. The lowest BCUT2D eigenvalue weighted by Crippen LogP contribution is -2.30. The molecule has 1 nitrogen and oxygen atoms in total. The molecule has 1 aliphatic rings. The summed E-state index contributed by atoms with van der Waals surface area (Å²) in [5.74, 6) is 0. The molecule has 0 aromatic carbocycles. The van der Waals surface area contributed by atoms with Crippen molar-refractivity contribution in [1.82, 2.24) is 0 Å². The third-order valence-electron chi connectivity index (χ3n) is 1.48. The summed E-state index contributed by atoms with van der Waals surface area (Å²) in [6.45, 7) is 0. The second-order valence-electron chi connectivity index (χ2n) is 2.58. The summed E-state index contributed by atoms with van der Waals surface area (Å²) in [5.41, 5.74) is 0. The van der Waals surface area contributed by atoms with Gasteiger partial charge in [-0.05, 0) is 12.8 Å². The number of rotatable bonds is 0. The SMILES string of the molecule is FC1(F)CCCCC(F)(F)O1. The summed E-state index contributed by atoms with van der Waals surface area (Å²) in [6, 6.07) is 0. The van der Waals surface area contributed by atoms with Crippen molar-refractivity contribution < 1.29 is 22.3 Å². The Labute approximate surface area is 61.3 Å². The molecule has 66 valence electrons. The normalized spacial score (nSPS) is 29.5. The number of halogens is 4. The first-order chi connectivity index (χ1) is 4.91. The summed E-state index contributed by atoms with van der Waals surface area (Å²) in [7, 11) is 0. The molecule has 1 aliphatic heterocycles. The minimum Gasteiger partial charge on any atom is -0.255 e. The van der Waals surface area contributed by atoms with E-state index in [2.05, 4.69) is 4.74 Å². The lowest BCUT2D eigenvalue weighted by atomic mass is 10.2. The molecule has 0 atom stereocenters. The molecule has 0 saturated carbocycles. The molecule has 0 radical (unpaired) electrons. The maximum absolute atomic E-state index is 12.3. The van der Waals surface area contributed by atoms with Crippen LogP contribution in [0.4, 0.5) is 17.6 Å². The highest BCUT2D eigenvalue weighted by Gasteiger charge is 2.45. The van der Waals surface area contributed by atoms with Crippen LogP contribution in [0, 0.1) is 0 Å². The van der Waals surface area contributed by atoms with Crippen LogP contribution in [-0.4, -0.2) is 12.2 Å². The average Bonchev–Trinajstić information content (AvgIpc) is 1.86. The van der Waals surface area contributed by atoms with E-state index in [-0.39, 0.29) is 12.8 Å². The van der Waals surface area contributed by atoms with Crippen molar-refractivity contribution in [3.63, 3.8) is 0 Å². The van der Waals surface area contributed by atoms with Gasteiger partial charge in [-0.1, -0.05) is 0 Å². The summed E-state index contributed by atoms with van der Waals surface area (Å²) < 4.78 is 52.4. The van der Waals surface area contributed by atoms with Gasteiger partial charge >= 0.3 is 12.2 Å². The zero-order valence-corrected chi connectivity index (χ0v) is 5.75. The summed E-state index contributed by atoms with van der Waals surface area (Å²) in [5, 5.41) is 0. The first kappa shape index (κ1) is 8.77. The van der Waals surface area contributed by atoms with Crippen molar-refractivity contribution >= 4 is 0 Å². The van der Waals surface area contributed by atoms with Gasteiger partial charge in [0.2, 0.25) is 0 Å². The molecule has 0 aromatic rings. The maximum atomic E-state index is 12.3. The van der Waals surface area contributed by atoms with Crippen molar-refractivity contribution in [2.45, 2.75) is 37.9 Å². The molecule has 1 saturated heterocycles. The molecule has 0 bridgehead atoms. The third-order valence-corrected chi connectivity index (χ3v) is 1.48. The number of alkyl halides is 4. The largest absolute Gasteiger partial charge is 0.360 e. The van der Waals surface area contributed by atoms with Gasteiger partial charge in [0, 0.05) is 12.8 Å². The van der Waals surface area contributed by atoms with Crippen molar-refractivity contribution in [3.8, 4) is 0 Å². The lowest BCUT2D eigenvalue weighted by molar-refractivity contribution is -0.371. The topological polar surface area (TPSA) is 9.23 Å². The lowest BCUT2D eigenvalue weighted by Gasteiger charge is -2.19. The summed E-state index contributed by atoms with van der Waals surface area (Å²) in [4.78, 5) is 0. The van der Waals surface area contributed by atoms with Gasteiger partial charge < -0.3 is 0 Å². The summed E-state index contributed by atoms with van der Waals surface area (Å²) in [6.07, 6.45) is -8.35. The van der Waals surface area contributed by atoms with Crippen LogP contribution in [0.5, 0.6) is 0 Å². The van der Waals surface area contributed by atoms with Crippen molar-refractivity contribution in [3.05, 3.63) is 0 Å². The molecule has 1 rings (SSSR count). The Morgan fingerprint density at radius 2 is 1.18 bits per heavy atom. The Morgan fingerprint density at radius 1 is 0.818 bits per heavy atom. The molecule has 11 heavy (non-hydrogen) atoms. The second kappa shape index (κ2) is 2.62. The van der Waals surface area contributed by atoms with E-state index in [9.17, 15) is 17.6 Å². The molecule has 0 aliphatic carbocycles. The number of ether oxygens (including phenoxy) is 1.